The van der Waals surface area contributed by atoms with Crippen molar-refractivity contribution in [3.05, 3.63) is 22.5 Å². The SMILES string of the molecule is Cc1[nH]c([C@@H](C)N)c(C)c1C. The summed E-state index contributed by atoms with van der Waals surface area (Å²) in [4.78, 5) is 3.29. The van der Waals surface area contributed by atoms with Crippen LogP contribution in [0, 0.1) is 20.8 Å². The first-order valence-corrected chi connectivity index (χ1v) is 3.95. The van der Waals surface area contributed by atoms with Gasteiger partial charge in [0.25, 0.3) is 0 Å². The molecule has 0 fully saturated rings. The number of rotatable bonds is 1. The molecular formula is C9H16N2. The Bertz CT molecular complexity index is 259. The maximum absolute atomic E-state index is 5.77. The van der Waals surface area contributed by atoms with Crippen LogP contribution in [-0.4, -0.2) is 4.98 Å². The van der Waals surface area contributed by atoms with Gasteiger partial charge in [-0.1, -0.05) is 0 Å². The highest BCUT2D eigenvalue weighted by atomic mass is 14.8. The minimum absolute atomic E-state index is 0.113. The van der Waals surface area contributed by atoms with Crippen molar-refractivity contribution < 1.29 is 0 Å². The Kier molecular flexibility index (Phi) is 2.05. The summed E-state index contributed by atoms with van der Waals surface area (Å²) in [6.45, 7) is 8.30. The van der Waals surface area contributed by atoms with E-state index in [1.54, 1.807) is 0 Å². The molecule has 1 rings (SSSR count). The fourth-order valence-electron chi connectivity index (χ4n) is 1.33. The molecule has 0 unspecified atom stereocenters. The number of aromatic nitrogens is 1. The second-order valence-corrected chi connectivity index (χ2v) is 3.20. The Hall–Kier alpha value is -0.760. The van der Waals surface area contributed by atoms with Gasteiger partial charge >= 0.3 is 0 Å². The van der Waals surface area contributed by atoms with Crippen molar-refractivity contribution in [2.45, 2.75) is 33.7 Å². The summed E-state index contributed by atoms with van der Waals surface area (Å²) in [5.41, 5.74) is 10.8. The molecule has 2 nitrogen and oxygen atoms in total. The smallest absolute Gasteiger partial charge is 0.0421 e. The standard InChI is InChI=1S/C9H16N2/c1-5-6(2)9(7(3)10)11-8(5)4/h7,11H,10H2,1-4H3/t7-/m1/s1. The van der Waals surface area contributed by atoms with Gasteiger partial charge in [-0.15, -0.1) is 0 Å². The van der Waals surface area contributed by atoms with Crippen molar-refractivity contribution in [1.82, 2.24) is 4.98 Å². The van der Waals surface area contributed by atoms with Gasteiger partial charge in [-0.25, -0.2) is 0 Å². The van der Waals surface area contributed by atoms with Gasteiger partial charge in [0, 0.05) is 17.4 Å². The van der Waals surface area contributed by atoms with Crippen molar-refractivity contribution in [3.63, 3.8) is 0 Å². The molecule has 1 aromatic rings. The molecule has 0 spiro atoms. The fraction of sp³-hybridized carbons (Fsp3) is 0.556. The molecule has 0 saturated carbocycles. The predicted octanol–water partition coefficient (Wildman–Crippen LogP) is 1.96. The maximum Gasteiger partial charge on any atom is 0.0421 e. The van der Waals surface area contributed by atoms with E-state index in [0.29, 0.717) is 0 Å². The lowest BCUT2D eigenvalue weighted by Crippen LogP contribution is -2.06. The second-order valence-electron chi connectivity index (χ2n) is 3.20. The minimum Gasteiger partial charge on any atom is -0.361 e. The molecule has 11 heavy (non-hydrogen) atoms. The van der Waals surface area contributed by atoms with E-state index in [4.69, 9.17) is 5.73 Å². The van der Waals surface area contributed by atoms with E-state index in [1.165, 1.54) is 22.5 Å². The van der Waals surface area contributed by atoms with E-state index in [1.807, 2.05) is 6.92 Å². The van der Waals surface area contributed by atoms with Crippen molar-refractivity contribution in [2.75, 3.05) is 0 Å². The van der Waals surface area contributed by atoms with Gasteiger partial charge in [-0.2, -0.15) is 0 Å². The summed E-state index contributed by atoms with van der Waals surface area (Å²) in [5.74, 6) is 0. The number of hydrogen-bond donors (Lipinski definition) is 2. The Morgan fingerprint density at radius 1 is 1.18 bits per heavy atom. The Balaban J connectivity index is 3.19. The summed E-state index contributed by atoms with van der Waals surface area (Å²) in [7, 11) is 0. The average Bonchev–Trinajstić information content (AvgIpc) is 2.17. The van der Waals surface area contributed by atoms with Crippen LogP contribution in [0.1, 0.15) is 35.5 Å². The monoisotopic (exact) mass is 152 g/mol. The number of aromatic amines is 1. The third kappa shape index (κ3) is 1.31. The van der Waals surface area contributed by atoms with Crippen LogP contribution >= 0.6 is 0 Å². The number of aryl methyl sites for hydroxylation is 1. The van der Waals surface area contributed by atoms with Crippen LogP contribution in [-0.2, 0) is 0 Å². The van der Waals surface area contributed by atoms with Crippen LogP contribution in [0.25, 0.3) is 0 Å². The van der Waals surface area contributed by atoms with Crippen molar-refractivity contribution in [3.8, 4) is 0 Å². The Morgan fingerprint density at radius 3 is 1.91 bits per heavy atom. The number of H-pyrrole nitrogens is 1. The maximum atomic E-state index is 5.77. The third-order valence-corrected chi connectivity index (χ3v) is 2.31. The predicted molar refractivity (Wildman–Crippen MR) is 47.6 cm³/mol. The molecule has 0 aliphatic carbocycles. The molecule has 0 aromatic carbocycles. The zero-order chi connectivity index (χ0) is 8.59. The van der Waals surface area contributed by atoms with E-state index in [2.05, 4.69) is 25.8 Å². The largest absolute Gasteiger partial charge is 0.361 e. The van der Waals surface area contributed by atoms with E-state index in [9.17, 15) is 0 Å². The average molecular weight is 152 g/mol. The first-order chi connectivity index (χ1) is 5.04. The highest BCUT2D eigenvalue weighted by molar-refractivity contribution is 5.35. The van der Waals surface area contributed by atoms with E-state index in [-0.39, 0.29) is 6.04 Å². The van der Waals surface area contributed by atoms with Crippen LogP contribution < -0.4 is 5.73 Å². The second kappa shape index (κ2) is 2.70. The number of nitrogens with two attached hydrogens (primary N) is 1. The van der Waals surface area contributed by atoms with Crippen molar-refractivity contribution in [2.24, 2.45) is 5.73 Å². The summed E-state index contributed by atoms with van der Waals surface area (Å²) < 4.78 is 0. The number of nitrogens with one attached hydrogen (secondary N) is 1. The molecular weight excluding hydrogens is 136 g/mol. The Morgan fingerprint density at radius 2 is 1.73 bits per heavy atom. The Labute approximate surface area is 67.8 Å². The molecule has 1 aromatic heterocycles. The molecule has 3 N–H and O–H groups in total. The molecule has 0 aliphatic heterocycles. The summed E-state index contributed by atoms with van der Waals surface area (Å²) in [5, 5.41) is 0. The highest BCUT2D eigenvalue weighted by Gasteiger charge is 2.09. The normalized spacial score (nSPS) is 13.5. The molecule has 0 amide bonds. The molecule has 0 radical (unpaired) electrons. The summed E-state index contributed by atoms with van der Waals surface area (Å²) >= 11 is 0. The fourth-order valence-corrected chi connectivity index (χ4v) is 1.33. The topological polar surface area (TPSA) is 41.8 Å². The third-order valence-electron chi connectivity index (χ3n) is 2.31. The van der Waals surface area contributed by atoms with Gasteiger partial charge in [0.15, 0.2) is 0 Å². The zero-order valence-corrected chi connectivity index (χ0v) is 7.65. The lowest BCUT2D eigenvalue weighted by molar-refractivity contribution is 0.779. The van der Waals surface area contributed by atoms with Gasteiger partial charge < -0.3 is 10.7 Å². The van der Waals surface area contributed by atoms with Crippen LogP contribution in [0.5, 0.6) is 0 Å². The van der Waals surface area contributed by atoms with Gasteiger partial charge in [-0.3, -0.25) is 0 Å². The number of hydrogen-bond acceptors (Lipinski definition) is 1. The quantitative estimate of drug-likeness (QED) is 0.634. The van der Waals surface area contributed by atoms with Gasteiger partial charge in [0.2, 0.25) is 0 Å². The van der Waals surface area contributed by atoms with Crippen LogP contribution in [0.3, 0.4) is 0 Å². The van der Waals surface area contributed by atoms with Gasteiger partial charge in [0.05, 0.1) is 0 Å². The van der Waals surface area contributed by atoms with Crippen LogP contribution in [0.4, 0.5) is 0 Å². The molecule has 0 bridgehead atoms. The molecule has 1 heterocycles. The molecule has 0 saturated heterocycles. The molecule has 62 valence electrons. The van der Waals surface area contributed by atoms with Gasteiger partial charge in [0.1, 0.15) is 0 Å². The molecule has 2 heteroatoms. The minimum atomic E-state index is 0.113. The molecule has 0 aliphatic rings. The summed E-state index contributed by atoms with van der Waals surface area (Å²) in [6, 6.07) is 0.113. The lowest BCUT2D eigenvalue weighted by atomic mass is 10.1. The summed E-state index contributed by atoms with van der Waals surface area (Å²) in [6.07, 6.45) is 0. The zero-order valence-electron chi connectivity index (χ0n) is 7.65. The first-order valence-electron chi connectivity index (χ1n) is 3.95. The van der Waals surface area contributed by atoms with Crippen molar-refractivity contribution >= 4 is 0 Å². The van der Waals surface area contributed by atoms with Crippen LogP contribution in [0.2, 0.25) is 0 Å². The van der Waals surface area contributed by atoms with E-state index in [0.717, 1.165) is 0 Å². The van der Waals surface area contributed by atoms with E-state index < -0.39 is 0 Å². The van der Waals surface area contributed by atoms with Gasteiger partial charge in [-0.05, 0) is 38.8 Å². The highest BCUT2D eigenvalue weighted by Crippen LogP contribution is 2.20. The van der Waals surface area contributed by atoms with E-state index >= 15 is 0 Å². The lowest BCUT2D eigenvalue weighted by Gasteiger charge is -2.03. The van der Waals surface area contributed by atoms with Crippen LogP contribution in [0.15, 0.2) is 0 Å². The van der Waals surface area contributed by atoms with Crippen molar-refractivity contribution in [1.29, 1.82) is 0 Å². The molecule has 1 atom stereocenters. The first kappa shape index (κ1) is 8.34.